The van der Waals surface area contributed by atoms with E-state index in [9.17, 15) is 4.79 Å². The van der Waals surface area contributed by atoms with Crippen LogP contribution in [0.2, 0.25) is 0 Å². The molecular formula is C28H33N3O2S. The van der Waals surface area contributed by atoms with Crippen LogP contribution in [0.15, 0.2) is 52.4 Å². The summed E-state index contributed by atoms with van der Waals surface area (Å²) in [5.74, 6) is 0.613. The number of fused-ring (bicyclic) bond motifs is 1. The van der Waals surface area contributed by atoms with Crippen molar-refractivity contribution < 1.29 is 9.53 Å². The van der Waals surface area contributed by atoms with E-state index in [1.54, 1.807) is 7.11 Å². The highest BCUT2D eigenvalue weighted by Crippen LogP contribution is 2.43. The zero-order valence-electron chi connectivity index (χ0n) is 20.9. The summed E-state index contributed by atoms with van der Waals surface area (Å²) in [7, 11) is 1.68. The summed E-state index contributed by atoms with van der Waals surface area (Å²) in [6, 6.07) is 12.3. The predicted molar refractivity (Wildman–Crippen MR) is 145 cm³/mol. The van der Waals surface area contributed by atoms with Gasteiger partial charge in [-0.25, -0.2) is 4.99 Å². The summed E-state index contributed by atoms with van der Waals surface area (Å²) in [5.41, 5.74) is 6.48. The highest BCUT2D eigenvalue weighted by Gasteiger charge is 2.32. The molecule has 0 aliphatic carbocycles. The highest BCUT2D eigenvalue weighted by molar-refractivity contribution is 8.18. The number of nitrogens with zero attached hydrogens (tertiary/aromatic N) is 2. The molecule has 2 aromatic rings. The molecule has 1 fully saturated rings. The number of amides is 1. The minimum atomic E-state index is -0.144. The second kappa shape index (κ2) is 9.71. The van der Waals surface area contributed by atoms with Gasteiger partial charge in [0.1, 0.15) is 5.75 Å². The van der Waals surface area contributed by atoms with Crippen molar-refractivity contribution in [3.63, 3.8) is 0 Å². The first-order valence-corrected chi connectivity index (χ1v) is 12.7. The number of hydrogen-bond acceptors (Lipinski definition) is 5. The van der Waals surface area contributed by atoms with Crippen molar-refractivity contribution in [1.29, 1.82) is 0 Å². The number of aryl methyl sites for hydroxylation is 1. The molecule has 2 aliphatic rings. The number of allylic oxidation sites excluding steroid dienone is 1. The van der Waals surface area contributed by atoms with Gasteiger partial charge in [0.2, 0.25) is 0 Å². The molecular weight excluding hydrogens is 442 g/mol. The molecule has 2 aromatic carbocycles. The van der Waals surface area contributed by atoms with Crippen molar-refractivity contribution in [2.45, 2.75) is 53.0 Å². The lowest BCUT2D eigenvalue weighted by Crippen LogP contribution is -2.45. The quantitative estimate of drug-likeness (QED) is 0.481. The Labute approximate surface area is 207 Å². The number of aliphatic imine (C=N–C) groups is 1. The van der Waals surface area contributed by atoms with Crippen LogP contribution in [0, 0.1) is 0 Å². The summed E-state index contributed by atoms with van der Waals surface area (Å²) in [5, 5.41) is 3.48. The van der Waals surface area contributed by atoms with E-state index in [4.69, 9.17) is 4.74 Å². The van der Waals surface area contributed by atoms with Crippen molar-refractivity contribution in [3.8, 4) is 5.75 Å². The van der Waals surface area contributed by atoms with Crippen LogP contribution in [0.1, 0.15) is 57.7 Å². The number of carbonyl (C=O) groups excluding carboxylic acids is 1. The van der Waals surface area contributed by atoms with E-state index in [1.165, 1.54) is 34.1 Å². The lowest BCUT2D eigenvalue weighted by atomic mass is 9.87. The van der Waals surface area contributed by atoms with Gasteiger partial charge in [-0.1, -0.05) is 32.1 Å². The van der Waals surface area contributed by atoms with Crippen LogP contribution in [-0.2, 0) is 11.2 Å². The normalized spacial score (nSPS) is 19.3. The van der Waals surface area contributed by atoms with E-state index in [1.807, 2.05) is 18.2 Å². The summed E-state index contributed by atoms with van der Waals surface area (Å²) in [6.45, 7) is 11.9. The average Bonchev–Trinajstić information content (AvgIpc) is 3.15. The van der Waals surface area contributed by atoms with Gasteiger partial charge in [-0.15, -0.1) is 0 Å². The molecule has 1 amide bonds. The van der Waals surface area contributed by atoms with Crippen LogP contribution in [0.25, 0.3) is 11.6 Å². The lowest BCUT2D eigenvalue weighted by molar-refractivity contribution is -0.115. The van der Waals surface area contributed by atoms with Crippen LogP contribution in [0.5, 0.6) is 5.75 Å². The highest BCUT2D eigenvalue weighted by atomic mass is 32.2. The van der Waals surface area contributed by atoms with Gasteiger partial charge in [-0.3, -0.25) is 4.79 Å². The summed E-state index contributed by atoms with van der Waals surface area (Å²) >= 11 is 1.35. The topological polar surface area (TPSA) is 53.9 Å². The predicted octanol–water partition coefficient (Wildman–Crippen LogP) is 6.56. The molecule has 0 spiro atoms. The van der Waals surface area contributed by atoms with Gasteiger partial charge in [0.15, 0.2) is 5.17 Å². The number of thioether (sulfide) groups is 1. The fourth-order valence-electron chi connectivity index (χ4n) is 4.59. The van der Waals surface area contributed by atoms with E-state index < -0.39 is 0 Å². The Kier molecular flexibility index (Phi) is 6.89. The minimum Gasteiger partial charge on any atom is -0.496 e. The van der Waals surface area contributed by atoms with Crippen LogP contribution < -0.4 is 15.0 Å². The molecule has 2 heterocycles. The molecule has 0 saturated carbocycles. The molecule has 0 radical (unpaired) electrons. The second-order valence-electron chi connectivity index (χ2n) is 9.25. The third-order valence-corrected chi connectivity index (χ3v) is 7.20. The SMILES string of the molecule is CCCN1c2cc(OC)c(/C=C3/SC(=Nc4ccc(CC)cc4)NC3=O)cc2C(C)=CC1(C)C. The first-order valence-electron chi connectivity index (χ1n) is 11.8. The first-order chi connectivity index (χ1) is 16.2. The smallest absolute Gasteiger partial charge is 0.264 e. The summed E-state index contributed by atoms with van der Waals surface area (Å²) in [4.78, 5) is 20.4. The second-order valence-corrected chi connectivity index (χ2v) is 10.3. The number of benzene rings is 2. The molecule has 178 valence electrons. The maximum atomic E-state index is 12.7. The third kappa shape index (κ3) is 4.78. The van der Waals surface area contributed by atoms with Gasteiger partial charge in [-0.2, -0.15) is 0 Å². The molecule has 0 atom stereocenters. The van der Waals surface area contributed by atoms with Crippen molar-refractivity contribution in [1.82, 2.24) is 5.32 Å². The maximum Gasteiger partial charge on any atom is 0.264 e. The Hall–Kier alpha value is -2.99. The van der Waals surface area contributed by atoms with Crippen LogP contribution >= 0.6 is 11.8 Å². The zero-order chi connectivity index (χ0) is 24.5. The summed E-state index contributed by atoms with van der Waals surface area (Å²) in [6.07, 6.45) is 6.27. The van der Waals surface area contributed by atoms with Crippen molar-refractivity contribution in [2.75, 3.05) is 18.6 Å². The Morgan fingerprint density at radius 3 is 2.56 bits per heavy atom. The number of ether oxygens (including phenoxy) is 1. The molecule has 34 heavy (non-hydrogen) atoms. The van der Waals surface area contributed by atoms with E-state index >= 15 is 0 Å². The summed E-state index contributed by atoms with van der Waals surface area (Å²) < 4.78 is 5.77. The molecule has 0 aromatic heterocycles. The fraction of sp³-hybridized carbons (Fsp3) is 0.357. The zero-order valence-corrected chi connectivity index (χ0v) is 21.7. The van der Waals surface area contributed by atoms with Gasteiger partial charge in [-0.05, 0) is 80.8 Å². The molecule has 0 bridgehead atoms. The number of carbonyl (C=O) groups is 1. The molecule has 2 aliphatic heterocycles. The monoisotopic (exact) mass is 475 g/mol. The molecule has 1 N–H and O–H groups in total. The largest absolute Gasteiger partial charge is 0.496 e. The number of anilines is 1. The Morgan fingerprint density at radius 1 is 1.18 bits per heavy atom. The Bertz CT molecular complexity index is 1190. The van der Waals surface area contributed by atoms with Gasteiger partial charge in [0.05, 0.1) is 23.2 Å². The van der Waals surface area contributed by atoms with Gasteiger partial charge >= 0.3 is 0 Å². The van der Waals surface area contributed by atoms with Crippen LogP contribution in [-0.4, -0.2) is 30.3 Å². The number of nitrogens with one attached hydrogen (secondary N) is 1. The first kappa shape index (κ1) is 24.1. The van der Waals surface area contributed by atoms with E-state index in [2.05, 4.69) is 80.2 Å². The maximum absolute atomic E-state index is 12.7. The van der Waals surface area contributed by atoms with Gasteiger partial charge < -0.3 is 15.0 Å². The number of hydrogen-bond donors (Lipinski definition) is 1. The van der Waals surface area contributed by atoms with Crippen molar-refractivity contribution in [2.24, 2.45) is 4.99 Å². The minimum absolute atomic E-state index is 0.0695. The third-order valence-electron chi connectivity index (χ3n) is 6.29. The molecule has 4 rings (SSSR count). The number of rotatable bonds is 6. The van der Waals surface area contributed by atoms with Gasteiger partial charge in [0.25, 0.3) is 5.91 Å². The van der Waals surface area contributed by atoms with E-state index in [0.717, 1.165) is 36.4 Å². The van der Waals surface area contributed by atoms with Crippen LogP contribution in [0.3, 0.4) is 0 Å². The fourth-order valence-corrected chi connectivity index (χ4v) is 5.42. The molecule has 0 unspecified atom stereocenters. The molecule has 1 saturated heterocycles. The standard InChI is InChI=1S/C28H33N3O2S/c1-7-13-31-23-16-24(33-6)20(14-22(23)18(3)17-28(31,4)5)15-25-26(32)30-27(34-25)29-21-11-9-19(8-2)10-12-21/h9-12,14-17H,7-8,13H2,1-6H3,(H,29,30,32)/b25-15+. The van der Waals surface area contributed by atoms with E-state index in [0.29, 0.717) is 10.1 Å². The van der Waals surface area contributed by atoms with Crippen molar-refractivity contribution in [3.05, 3.63) is 64.1 Å². The van der Waals surface area contributed by atoms with Gasteiger partial charge in [0, 0.05) is 29.4 Å². The Balaban J connectivity index is 1.68. The van der Waals surface area contributed by atoms with Crippen molar-refractivity contribution >= 4 is 45.9 Å². The molecule has 5 nitrogen and oxygen atoms in total. The van der Waals surface area contributed by atoms with E-state index in [-0.39, 0.29) is 11.4 Å². The Morgan fingerprint density at radius 2 is 1.91 bits per heavy atom. The number of methoxy groups -OCH3 is 1. The average molecular weight is 476 g/mol. The lowest BCUT2D eigenvalue weighted by Gasteiger charge is -2.43. The van der Waals surface area contributed by atoms with Crippen LogP contribution in [0.4, 0.5) is 11.4 Å². The number of amidine groups is 1. The molecule has 6 heteroatoms.